The molecule has 0 saturated carbocycles. The Morgan fingerprint density at radius 2 is 2.24 bits per heavy atom. The lowest BCUT2D eigenvalue weighted by Gasteiger charge is -2.20. The summed E-state index contributed by atoms with van der Waals surface area (Å²) in [7, 11) is 0. The largest absolute Gasteiger partial charge is 0.473 e. The lowest BCUT2D eigenvalue weighted by molar-refractivity contribution is 0.0518. The van der Waals surface area contributed by atoms with Crippen molar-refractivity contribution >= 4 is 22.0 Å². The van der Waals surface area contributed by atoms with Crippen molar-refractivity contribution < 1.29 is 14.3 Å². The van der Waals surface area contributed by atoms with Crippen LogP contribution in [0.1, 0.15) is 27.7 Å². The van der Waals surface area contributed by atoms with Gasteiger partial charge in [0.1, 0.15) is 12.2 Å². The molecule has 0 aliphatic heterocycles. The molecule has 1 rings (SSSR count). The van der Waals surface area contributed by atoms with Crippen LogP contribution in [0, 0.1) is 0 Å². The highest BCUT2D eigenvalue weighted by Gasteiger charge is 2.16. The Morgan fingerprint density at radius 1 is 1.52 bits per heavy atom. The molecule has 1 aromatic rings. The van der Waals surface area contributed by atoms with Gasteiger partial charge in [0.2, 0.25) is 5.88 Å². The van der Waals surface area contributed by atoms with Gasteiger partial charge in [-0.15, -0.1) is 0 Å². The zero-order valence-electron chi connectivity index (χ0n) is 12.7. The summed E-state index contributed by atoms with van der Waals surface area (Å²) in [6.45, 7) is 7.71. The van der Waals surface area contributed by atoms with Crippen LogP contribution in [-0.2, 0) is 4.74 Å². The molecule has 5 nitrogen and oxygen atoms in total. The van der Waals surface area contributed by atoms with Crippen molar-refractivity contribution in [2.45, 2.75) is 39.3 Å². The molecule has 1 atom stereocenters. The van der Waals surface area contributed by atoms with Gasteiger partial charge in [0, 0.05) is 22.8 Å². The minimum Gasteiger partial charge on any atom is -0.473 e. The number of hydrogen-bond donors (Lipinski definition) is 1. The average molecular weight is 357 g/mol. The second-order valence-electron chi connectivity index (χ2n) is 5.49. The number of hydrogen-bond acceptors (Lipinski definition) is 4. The van der Waals surface area contributed by atoms with Gasteiger partial charge in [0.15, 0.2) is 0 Å². The molecule has 0 spiro atoms. The van der Waals surface area contributed by atoms with Gasteiger partial charge in [-0.2, -0.15) is 0 Å². The zero-order valence-corrected chi connectivity index (χ0v) is 14.3. The molecule has 1 amide bonds. The Kier molecular flexibility index (Phi) is 6.68. The van der Waals surface area contributed by atoms with Crippen molar-refractivity contribution in [3.63, 3.8) is 0 Å². The van der Waals surface area contributed by atoms with Crippen LogP contribution in [-0.4, -0.2) is 29.3 Å². The number of ether oxygens (including phenoxy) is 2. The highest BCUT2D eigenvalue weighted by Crippen LogP contribution is 2.14. The summed E-state index contributed by atoms with van der Waals surface area (Å²) in [6, 6.07) is 3.48. The third-order valence-electron chi connectivity index (χ3n) is 2.19. The van der Waals surface area contributed by atoms with Crippen molar-refractivity contribution in [1.82, 2.24) is 10.3 Å². The van der Waals surface area contributed by atoms with Crippen LogP contribution in [0.2, 0.25) is 0 Å². The van der Waals surface area contributed by atoms with Crippen LogP contribution in [0.3, 0.4) is 0 Å². The summed E-state index contributed by atoms with van der Waals surface area (Å²) in [6.07, 6.45) is 4.89. The summed E-state index contributed by atoms with van der Waals surface area (Å²) >= 11 is 3.35. The van der Waals surface area contributed by atoms with Gasteiger partial charge in [0.05, 0.1) is 0 Å². The van der Waals surface area contributed by atoms with Crippen LogP contribution < -0.4 is 10.1 Å². The van der Waals surface area contributed by atoms with Crippen molar-refractivity contribution in [1.29, 1.82) is 0 Å². The van der Waals surface area contributed by atoms with E-state index in [9.17, 15) is 4.79 Å². The Morgan fingerprint density at radius 3 is 2.86 bits per heavy atom. The van der Waals surface area contributed by atoms with Gasteiger partial charge in [-0.1, -0.05) is 22.0 Å². The number of nitrogens with zero attached hydrogens (tertiary/aromatic N) is 1. The van der Waals surface area contributed by atoms with E-state index in [2.05, 4.69) is 26.2 Å². The minimum atomic E-state index is -0.497. The van der Waals surface area contributed by atoms with E-state index in [-0.39, 0.29) is 6.04 Å². The lowest BCUT2D eigenvalue weighted by Crippen LogP contribution is -2.36. The molecule has 0 aliphatic carbocycles. The Labute approximate surface area is 133 Å². The average Bonchev–Trinajstić information content (AvgIpc) is 2.32. The van der Waals surface area contributed by atoms with E-state index in [4.69, 9.17) is 9.47 Å². The molecule has 0 aromatic carbocycles. The molecule has 0 saturated heterocycles. The van der Waals surface area contributed by atoms with E-state index in [1.165, 1.54) is 0 Å². The van der Waals surface area contributed by atoms with Crippen molar-refractivity contribution in [2.75, 3.05) is 6.61 Å². The van der Waals surface area contributed by atoms with E-state index >= 15 is 0 Å². The Balaban J connectivity index is 2.31. The maximum Gasteiger partial charge on any atom is 0.408 e. The number of nitrogens with one attached hydrogen (secondary N) is 1. The number of carbonyl (C=O) groups is 1. The predicted molar refractivity (Wildman–Crippen MR) is 85.4 cm³/mol. The van der Waals surface area contributed by atoms with Gasteiger partial charge in [-0.3, -0.25) is 0 Å². The van der Waals surface area contributed by atoms with E-state index in [0.29, 0.717) is 12.5 Å². The Bertz CT molecular complexity index is 498. The molecule has 116 valence electrons. The first kappa shape index (κ1) is 17.5. The molecule has 1 heterocycles. The van der Waals surface area contributed by atoms with Crippen LogP contribution in [0.5, 0.6) is 5.88 Å². The maximum atomic E-state index is 11.5. The standard InChI is InChI=1S/C15H21BrN2O3/c1-11(18-14(19)21-15(2,3)4)6-5-9-20-13-10-12(16)7-8-17-13/h5-8,10-11H,9H2,1-4H3,(H,18,19)/b6-5+/t11-/m1/s1. The molecular weight excluding hydrogens is 336 g/mol. The first-order valence-electron chi connectivity index (χ1n) is 6.67. The third kappa shape index (κ3) is 8.34. The van der Waals surface area contributed by atoms with Crippen LogP contribution in [0.4, 0.5) is 4.79 Å². The van der Waals surface area contributed by atoms with Crippen molar-refractivity contribution in [3.8, 4) is 5.88 Å². The molecule has 0 bridgehead atoms. The van der Waals surface area contributed by atoms with E-state index < -0.39 is 11.7 Å². The summed E-state index contributed by atoms with van der Waals surface area (Å²) in [5, 5.41) is 2.72. The summed E-state index contributed by atoms with van der Waals surface area (Å²) in [5.74, 6) is 0.543. The second-order valence-corrected chi connectivity index (χ2v) is 6.40. The quantitative estimate of drug-likeness (QED) is 0.817. The first-order chi connectivity index (χ1) is 9.76. The number of aromatic nitrogens is 1. The number of halogens is 1. The molecule has 0 aliphatic rings. The topological polar surface area (TPSA) is 60.5 Å². The zero-order chi connectivity index (χ0) is 15.9. The Hall–Kier alpha value is -1.56. The van der Waals surface area contributed by atoms with Crippen LogP contribution >= 0.6 is 15.9 Å². The number of rotatable bonds is 5. The maximum absolute atomic E-state index is 11.5. The van der Waals surface area contributed by atoms with E-state index in [1.807, 2.05) is 45.9 Å². The van der Waals surface area contributed by atoms with Gasteiger partial charge in [-0.05, 0) is 39.8 Å². The fraction of sp³-hybridized carbons (Fsp3) is 0.467. The van der Waals surface area contributed by atoms with E-state index in [1.54, 1.807) is 12.3 Å². The molecule has 0 fully saturated rings. The molecule has 0 unspecified atom stereocenters. The third-order valence-corrected chi connectivity index (χ3v) is 2.69. The van der Waals surface area contributed by atoms with Gasteiger partial charge in [-0.25, -0.2) is 9.78 Å². The van der Waals surface area contributed by atoms with Crippen LogP contribution in [0.25, 0.3) is 0 Å². The predicted octanol–water partition coefficient (Wildman–Crippen LogP) is 3.69. The fourth-order valence-electron chi connectivity index (χ4n) is 1.40. The molecule has 1 aromatic heterocycles. The van der Waals surface area contributed by atoms with Gasteiger partial charge >= 0.3 is 6.09 Å². The van der Waals surface area contributed by atoms with Crippen molar-refractivity contribution in [3.05, 3.63) is 35.0 Å². The second kappa shape index (κ2) is 8.02. The molecule has 6 heteroatoms. The van der Waals surface area contributed by atoms with Gasteiger partial charge in [0.25, 0.3) is 0 Å². The number of carbonyl (C=O) groups excluding carboxylic acids is 1. The summed E-state index contributed by atoms with van der Waals surface area (Å²) in [4.78, 5) is 15.6. The highest BCUT2D eigenvalue weighted by molar-refractivity contribution is 9.10. The highest BCUT2D eigenvalue weighted by atomic mass is 79.9. The molecule has 0 radical (unpaired) electrons. The fourth-order valence-corrected chi connectivity index (χ4v) is 1.71. The first-order valence-corrected chi connectivity index (χ1v) is 7.46. The number of alkyl carbamates (subject to hydrolysis) is 1. The van der Waals surface area contributed by atoms with E-state index in [0.717, 1.165) is 4.47 Å². The number of amides is 1. The molecule has 1 N–H and O–H groups in total. The normalized spacial score (nSPS) is 13.0. The smallest absolute Gasteiger partial charge is 0.408 e. The molecule has 21 heavy (non-hydrogen) atoms. The minimum absolute atomic E-state index is 0.140. The monoisotopic (exact) mass is 356 g/mol. The summed E-state index contributed by atoms with van der Waals surface area (Å²) in [5.41, 5.74) is -0.497. The van der Waals surface area contributed by atoms with Crippen molar-refractivity contribution in [2.24, 2.45) is 0 Å². The van der Waals surface area contributed by atoms with Gasteiger partial charge < -0.3 is 14.8 Å². The van der Waals surface area contributed by atoms with Crippen LogP contribution in [0.15, 0.2) is 35.0 Å². The SMILES string of the molecule is C[C@H](/C=C/COc1cc(Br)ccn1)NC(=O)OC(C)(C)C. The lowest BCUT2D eigenvalue weighted by atomic mass is 10.2. The molecular formula is C15H21BrN2O3. The summed E-state index contributed by atoms with van der Waals surface area (Å²) < 4.78 is 11.5. The number of pyridine rings is 1.